The van der Waals surface area contributed by atoms with Crippen LogP contribution in [0.25, 0.3) is 0 Å². The van der Waals surface area contributed by atoms with E-state index >= 15 is 0 Å². The highest BCUT2D eigenvalue weighted by Crippen LogP contribution is 2.53. The lowest BCUT2D eigenvalue weighted by Crippen LogP contribution is -2.53. The van der Waals surface area contributed by atoms with E-state index in [0.29, 0.717) is 16.8 Å². The number of nitrogens with zero attached hydrogens (tertiary/aromatic N) is 1. The minimum atomic E-state index is -1.26. The molecule has 154 valence electrons. The summed E-state index contributed by atoms with van der Waals surface area (Å²) in [4.78, 5) is 41.4. The van der Waals surface area contributed by atoms with Crippen molar-refractivity contribution in [2.45, 2.75) is 32.0 Å². The van der Waals surface area contributed by atoms with Gasteiger partial charge in [0.25, 0.3) is 0 Å². The Bertz CT molecular complexity index is 1070. The van der Waals surface area contributed by atoms with Crippen molar-refractivity contribution in [2.75, 3.05) is 5.32 Å². The fraction of sp³-hybridized carbons (Fsp3) is 0.348. The number of carbonyl (C=O) groups excluding carboxylic acids is 3. The molecule has 2 aromatic rings. The smallest absolute Gasteiger partial charge is 0.250 e. The van der Waals surface area contributed by atoms with E-state index < -0.39 is 17.4 Å². The predicted molar refractivity (Wildman–Crippen MR) is 107 cm³/mol. The molecular formula is C23H22FN3O3. The number of anilines is 1. The summed E-state index contributed by atoms with van der Waals surface area (Å²) in [6.45, 7) is 4.02. The number of carbonyl (C=O) groups is 3. The zero-order valence-corrected chi connectivity index (χ0v) is 16.7. The lowest BCUT2D eigenvalue weighted by molar-refractivity contribution is -0.143. The van der Waals surface area contributed by atoms with Gasteiger partial charge in [-0.25, -0.2) is 4.39 Å². The Kier molecular flexibility index (Phi) is 4.08. The molecule has 0 aromatic heterocycles. The second-order valence-corrected chi connectivity index (χ2v) is 8.61. The van der Waals surface area contributed by atoms with Gasteiger partial charge in [0.1, 0.15) is 11.4 Å². The van der Waals surface area contributed by atoms with E-state index in [1.807, 2.05) is 32.0 Å². The van der Waals surface area contributed by atoms with Crippen LogP contribution >= 0.6 is 0 Å². The maximum atomic E-state index is 13.6. The quantitative estimate of drug-likeness (QED) is 0.766. The molecule has 2 N–H and O–H groups in total. The summed E-state index contributed by atoms with van der Waals surface area (Å²) >= 11 is 0. The van der Waals surface area contributed by atoms with Crippen molar-refractivity contribution in [1.82, 2.24) is 10.2 Å². The zero-order chi connectivity index (χ0) is 21.2. The fourth-order valence-corrected chi connectivity index (χ4v) is 5.25. The van der Waals surface area contributed by atoms with Crippen molar-refractivity contribution in [3.63, 3.8) is 0 Å². The first-order valence-corrected chi connectivity index (χ1v) is 10.1. The van der Waals surface area contributed by atoms with Crippen molar-refractivity contribution in [3.05, 3.63) is 65.5 Å². The summed E-state index contributed by atoms with van der Waals surface area (Å²) in [6.07, 6.45) is 0. The minimum Gasteiger partial charge on any atom is -0.324 e. The van der Waals surface area contributed by atoms with Gasteiger partial charge in [0, 0.05) is 17.3 Å². The predicted octanol–water partition coefficient (Wildman–Crippen LogP) is 2.40. The highest BCUT2D eigenvalue weighted by atomic mass is 19.1. The molecule has 0 bridgehead atoms. The van der Waals surface area contributed by atoms with Crippen LogP contribution < -0.4 is 10.6 Å². The van der Waals surface area contributed by atoms with Crippen molar-refractivity contribution in [3.8, 4) is 0 Å². The molecule has 0 aliphatic carbocycles. The molecule has 3 aliphatic heterocycles. The number of hydrogen-bond acceptors (Lipinski definition) is 4. The number of fused-ring (bicyclic) bond motifs is 4. The molecule has 6 nitrogen and oxygen atoms in total. The Morgan fingerprint density at radius 1 is 1.03 bits per heavy atom. The average molecular weight is 407 g/mol. The molecule has 0 saturated carbocycles. The van der Waals surface area contributed by atoms with Gasteiger partial charge in [0.2, 0.25) is 17.7 Å². The maximum absolute atomic E-state index is 13.6. The lowest BCUT2D eigenvalue weighted by atomic mass is 9.76. The first-order chi connectivity index (χ1) is 14.3. The highest BCUT2D eigenvalue weighted by Gasteiger charge is 2.70. The first kappa shape index (κ1) is 18.9. The Labute approximate surface area is 173 Å². The van der Waals surface area contributed by atoms with Crippen LogP contribution in [0.15, 0.2) is 48.5 Å². The number of para-hydroxylation sites is 1. The summed E-state index contributed by atoms with van der Waals surface area (Å²) < 4.78 is 13.3. The number of hydrogen-bond donors (Lipinski definition) is 2. The molecule has 2 saturated heterocycles. The van der Waals surface area contributed by atoms with E-state index in [-0.39, 0.29) is 42.0 Å². The second-order valence-electron chi connectivity index (χ2n) is 8.61. The molecule has 4 atom stereocenters. The number of benzene rings is 2. The van der Waals surface area contributed by atoms with E-state index in [4.69, 9.17) is 0 Å². The minimum absolute atomic E-state index is 0.0416. The third-order valence-corrected chi connectivity index (χ3v) is 6.62. The van der Waals surface area contributed by atoms with Crippen LogP contribution in [0.5, 0.6) is 0 Å². The Morgan fingerprint density at radius 3 is 2.43 bits per heavy atom. The van der Waals surface area contributed by atoms with Gasteiger partial charge in [-0.15, -0.1) is 0 Å². The van der Waals surface area contributed by atoms with Crippen molar-refractivity contribution < 1.29 is 18.8 Å². The van der Waals surface area contributed by atoms with Gasteiger partial charge >= 0.3 is 0 Å². The number of rotatable bonds is 3. The Hall–Kier alpha value is -3.06. The Balaban J connectivity index is 1.59. The Morgan fingerprint density at radius 2 is 1.73 bits per heavy atom. The number of nitrogens with one attached hydrogen (secondary N) is 2. The van der Waals surface area contributed by atoms with Gasteiger partial charge in [-0.1, -0.05) is 44.2 Å². The largest absolute Gasteiger partial charge is 0.324 e. The molecule has 4 unspecified atom stereocenters. The van der Waals surface area contributed by atoms with Gasteiger partial charge in [0.05, 0.1) is 18.4 Å². The molecule has 2 aromatic carbocycles. The third-order valence-electron chi connectivity index (χ3n) is 6.62. The average Bonchev–Trinajstić information content (AvgIpc) is 3.31. The van der Waals surface area contributed by atoms with E-state index in [2.05, 4.69) is 10.6 Å². The maximum Gasteiger partial charge on any atom is 0.250 e. The molecule has 2 fully saturated rings. The summed E-state index contributed by atoms with van der Waals surface area (Å²) in [7, 11) is 0. The summed E-state index contributed by atoms with van der Waals surface area (Å²) in [6, 6.07) is 12.7. The number of likely N-dealkylation sites (tertiary alicyclic amines) is 1. The monoisotopic (exact) mass is 407 g/mol. The van der Waals surface area contributed by atoms with Crippen molar-refractivity contribution >= 4 is 23.4 Å². The van der Waals surface area contributed by atoms with Gasteiger partial charge in [-0.2, -0.15) is 0 Å². The molecule has 3 amide bonds. The van der Waals surface area contributed by atoms with Crippen LogP contribution in [0.4, 0.5) is 10.1 Å². The summed E-state index contributed by atoms with van der Waals surface area (Å²) in [5.74, 6) is -2.73. The molecule has 3 aliphatic rings. The van der Waals surface area contributed by atoms with E-state index in [9.17, 15) is 18.8 Å². The molecule has 0 radical (unpaired) electrons. The molecule has 1 spiro atoms. The van der Waals surface area contributed by atoms with E-state index in [1.54, 1.807) is 18.2 Å². The van der Waals surface area contributed by atoms with Crippen molar-refractivity contribution in [2.24, 2.45) is 17.8 Å². The van der Waals surface area contributed by atoms with Crippen LogP contribution in [-0.2, 0) is 26.5 Å². The van der Waals surface area contributed by atoms with Gasteiger partial charge in [0.15, 0.2) is 0 Å². The lowest BCUT2D eigenvalue weighted by Gasteiger charge is -2.30. The molecular weight excluding hydrogens is 385 g/mol. The van der Waals surface area contributed by atoms with Gasteiger partial charge in [-0.3, -0.25) is 24.6 Å². The fourth-order valence-electron chi connectivity index (χ4n) is 5.25. The zero-order valence-electron chi connectivity index (χ0n) is 16.7. The molecule has 3 heterocycles. The standard InChI is InChI=1S/C23H22FN3O3/c1-12(2)19-17-18(23(26-19)15-5-3-4-6-16(15)25-22(23)30)21(29)27(20(17)28)11-13-7-9-14(24)10-8-13/h3-10,12,17-19,26H,11H2,1-2H3,(H,25,30). The van der Waals surface area contributed by atoms with Crippen LogP contribution in [0.1, 0.15) is 25.0 Å². The van der Waals surface area contributed by atoms with Crippen LogP contribution in [-0.4, -0.2) is 28.7 Å². The number of imide groups is 1. The van der Waals surface area contributed by atoms with Crippen LogP contribution in [0.3, 0.4) is 0 Å². The van der Waals surface area contributed by atoms with E-state index in [1.165, 1.54) is 17.0 Å². The van der Waals surface area contributed by atoms with Gasteiger partial charge < -0.3 is 5.32 Å². The number of halogens is 1. The van der Waals surface area contributed by atoms with Crippen molar-refractivity contribution in [1.29, 1.82) is 0 Å². The molecule has 5 rings (SSSR count). The third kappa shape index (κ3) is 2.41. The SMILES string of the molecule is CC(C)C1NC2(C(=O)Nc3ccccc32)C2C(=O)N(Cc3ccc(F)cc3)C(=O)C12. The molecule has 30 heavy (non-hydrogen) atoms. The summed E-state index contributed by atoms with van der Waals surface area (Å²) in [5, 5.41) is 6.28. The number of amides is 3. The molecule has 7 heteroatoms. The second kappa shape index (κ2) is 6.47. The van der Waals surface area contributed by atoms with Crippen LogP contribution in [0.2, 0.25) is 0 Å². The normalized spacial score (nSPS) is 29.7. The first-order valence-electron chi connectivity index (χ1n) is 10.1. The summed E-state index contributed by atoms with van der Waals surface area (Å²) in [5.41, 5.74) is 0.770. The van der Waals surface area contributed by atoms with Gasteiger partial charge in [-0.05, 0) is 29.7 Å². The van der Waals surface area contributed by atoms with Crippen LogP contribution in [0, 0.1) is 23.6 Å². The van der Waals surface area contributed by atoms with E-state index in [0.717, 1.165) is 0 Å². The highest BCUT2D eigenvalue weighted by molar-refractivity contribution is 6.15. The topological polar surface area (TPSA) is 78.5 Å².